The highest BCUT2D eigenvalue weighted by Gasteiger charge is 2.20. The van der Waals surface area contributed by atoms with Crippen molar-refractivity contribution in [3.05, 3.63) is 35.4 Å². The van der Waals surface area contributed by atoms with Gasteiger partial charge in [0.25, 0.3) is 0 Å². The van der Waals surface area contributed by atoms with Crippen LogP contribution in [0.4, 0.5) is 0 Å². The Labute approximate surface area is 110 Å². The van der Waals surface area contributed by atoms with Crippen LogP contribution in [0.5, 0.6) is 0 Å². The molecule has 0 saturated heterocycles. The molecule has 1 N–H and O–H groups in total. The highest BCUT2D eigenvalue weighted by Crippen LogP contribution is 2.32. The van der Waals surface area contributed by atoms with Crippen molar-refractivity contribution in [3.63, 3.8) is 0 Å². The van der Waals surface area contributed by atoms with E-state index in [9.17, 15) is 0 Å². The van der Waals surface area contributed by atoms with Crippen LogP contribution in [0.25, 0.3) is 0 Å². The first-order chi connectivity index (χ1) is 8.50. The Morgan fingerprint density at radius 2 is 1.61 bits per heavy atom. The van der Waals surface area contributed by atoms with E-state index in [4.69, 9.17) is 5.21 Å². The van der Waals surface area contributed by atoms with E-state index >= 15 is 0 Å². The number of nitrogens with zero attached hydrogens (tertiary/aromatic N) is 1. The Balaban J connectivity index is 2.07. The molecule has 1 aromatic carbocycles. The molecule has 0 unspecified atom stereocenters. The van der Waals surface area contributed by atoms with Gasteiger partial charge in [0.1, 0.15) is 0 Å². The second-order valence-electron chi connectivity index (χ2n) is 6.31. The predicted molar refractivity (Wildman–Crippen MR) is 75.6 cm³/mol. The van der Waals surface area contributed by atoms with Gasteiger partial charge in [-0.1, -0.05) is 50.2 Å². The second kappa shape index (κ2) is 5.13. The summed E-state index contributed by atoms with van der Waals surface area (Å²) in [4.78, 5) is 0. The lowest BCUT2D eigenvalue weighted by Crippen LogP contribution is -2.14. The van der Waals surface area contributed by atoms with Crippen molar-refractivity contribution in [1.82, 2.24) is 0 Å². The monoisotopic (exact) mass is 245 g/mol. The van der Waals surface area contributed by atoms with Crippen LogP contribution in [0.15, 0.2) is 29.4 Å². The largest absolute Gasteiger partial charge is 0.411 e. The first kappa shape index (κ1) is 13.1. The van der Waals surface area contributed by atoms with Crippen LogP contribution in [0.2, 0.25) is 0 Å². The highest BCUT2D eigenvalue weighted by molar-refractivity contribution is 5.84. The molecule has 0 spiro atoms. The summed E-state index contributed by atoms with van der Waals surface area (Å²) in [6, 6.07) is 9.05. The summed E-state index contributed by atoms with van der Waals surface area (Å²) in [5, 5.41) is 12.1. The van der Waals surface area contributed by atoms with Crippen molar-refractivity contribution in [3.8, 4) is 0 Å². The van der Waals surface area contributed by atoms with E-state index < -0.39 is 0 Å². The first-order valence-electron chi connectivity index (χ1n) is 6.81. The van der Waals surface area contributed by atoms with E-state index in [1.54, 1.807) is 0 Å². The number of hydrogen-bond donors (Lipinski definition) is 1. The molecule has 1 fully saturated rings. The summed E-state index contributed by atoms with van der Waals surface area (Å²) < 4.78 is 0. The van der Waals surface area contributed by atoms with Gasteiger partial charge in [-0.3, -0.25) is 0 Å². The summed E-state index contributed by atoms with van der Waals surface area (Å²) in [6.45, 7) is 6.73. The number of rotatable bonds is 1. The maximum atomic E-state index is 8.76. The van der Waals surface area contributed by atoms with Gasteiger partial charge >= 0.3 is 0 Å². The topological polar surface area (TPSA) is 32.6 Å². The Hall–Kier alpha value is -1.31. The molecule has 0 heterocycles. The summed E-state index contributed by atoms with van der Waals surface area (Å²) in [7, 11) is 0. The molecule has 2 rings (SSSR count). The van der Waals surface area contributed by atoms with E-state index in [1.165, 1.54) is 11.1 Å². The Morgan fingerprint density at radius 3 is 2.06 bits per heavy atom. The van der Waals surface area contributed by atoms with Crippen LogP contribution in [0.3, 0.4) is 0 Å². The van der Waals surface area contributed by atoms with Crippen molar-refractivity contribution in [2.75, 3.05) is 0 Å². The fourth-order valence-electron chi connectivity index (χ4n) is 2.64. The minimum Gasteiger partial charge on any atom is -0.411 e. The Morgan fingerprint density at radius 1 is 1.06 bits per heavy atom. The molecule has 0 atom stereocenters. The molecule has 1 aliphatic carbocycles. The van der Waals surface area contributed by atoms with Gasteiger partial charge in [0.15, 0.2) is 0 Å². The normalized spacial score (nSPS) is 20.8. The summed E-state index contributed by atoms with van der Waals surface area (Å²) in [5.74, 6) is 0.629. The smallest absolute Gasteiger partial charge is 0.0571 e. The van der Waals surface area contributed by atoms with Crippen LogP contribution in [0, 0.1) is 0 Å². The first-order valence-corrected chi connectivity index (χ1v) is 6.81. The maximum Gasteiger partial charge on any atom is 0.0571 e. The molecule has 0 bridgehead atoms. The lowest BCUT2D eigenvalue weighted by atomic mass is 9.81. The fourth-order valence-corrected chi connectivity index (χ4v) is 2.64. The zero-order valence-electron chi connectivity index (χ0n) is 11.6. The minimum absolute atomic E-state index is 0.224. The van der Waals surface area contributed by atoms with Gasteiger partial charge in [0, 0.05) is 0 Å². The van der Waals surface area contributed by atoms with E-state index in [-0.39, 0.29) is 5.41 Å². The molecule has 2 heteroatoms. The summed E-state index contributed by atoms with van der Waals surface area (Å²) in [5.41, 5.74) is 4.00. The van der Waals surface area contributed by atoms with Gasteiger partial charge in [0.05, 0.1) is 5.71 Å². The molecule has 1 aliphatic rings. The SMILES string of the molecule is CC(C)(C)c1ccc(C2CCC(=NO)CC2)cc1. The van der Waals surface area contributed by atoms with Crippen molar-refractivity contribution in [1.29, 1.82) is 0 Å². The van der Waals surface area contributed by atoms with Gasteiger partial charge in [0.2, 0.25) is 0 Å². The van der Waals surface area contributed by atoms with Crippen LogP contribution >= 0.6 is 0 Å². The third kappa shape index (κ3) is 2.92. The third-order valence-electron chi connectivity index (χ3n) is 3.95. The molecule has 2 nitrogen and oxygen atoms in total. The molecule has 1 saturated carbocycles. The zero-order chi connectivity index (χ0) is 13.2. The molecule has 0 radical (unpaired) electrons. The Bertz CT molecular complexity index is 415. The average Bonchev–Trinajstić information content (AvgIpc) is 2.38. The van der Waals surface area contributed by atoms with Crippen molar-refractivity contribution in [2.45, 2.75) is 57.8 Å². The molecule has 18 heavy (non-hydrogen) atoms. The predicted octanol–water partition coefficient (Wildman–Crippen LogP) is 4.47. The molecule has 0 aliphatic heterocycles. The lowest BCUT2D eigenvalue weighted by Gasteiger charge is -2.24. The van der Waals surface area contributed by atoms with Gasteiger partial charge in [-0.2, -0.15) is 0 Å². The van der Waals surface area contributed by atoms with Crippen LogP contribution in [0.1, 0.15) is 63.5 Å². The molecule has 0 aromatic heterocycles. The number of oxime groups is 1. The molecular formula is C16H23NO. The molecule has 1 aromatic rings. The van der Waals surface area contributed by atoms with Crippen molar-refractivity contribution < 1.29 is 5.21 Å². The van der Waals surface area contributed by atoms with Crippen LogP contribution in [-0.2, 0) is 5.41 Å². The number of benzene rings is 1. The zero-order valence-corrected chi connectivity index (χ0v) is 11.6. The van der Waals surface area contributed by atoms with Gasteiger partial charge in [-0.25, -0.2) is 0 Å². The molecule has 0 amide bonds. The van der Waals surface area contributed by atoms with Crippen molar-refractivity contribution in [2.24, 2.45) is 5.16 Å². The van der Waals surface area contributed by atoms with E-state index in [0.717, 1.165) is 31.4 Å². The van der Waals surface area contributed by atoms with Gasteiger partial charge in [-0.15, -0.1) is 0 Å². The van der Waals surface area contributed by atoms with E-state index in [1.807, 2.05) is 0 Å². The third-order valence-corrected chi connectivity index (χ3v) is 3.95. The van der Waals surface area contributed by atoms with E-state index in [2.05, 4.69) is 50.2 Å². The van der Waals surface area contributed by atoms with Gasteiger partial charge < -0.3 is 5.21 Å². The summed E-state index contributed by atoms with van der Waals surface area (Å²) >= 11 is 0. The fraction of sp³-hybridized carbons (Fsp3) is 0.562. The highest BCUT2D eigenvalue weighted by atomic mass is 16.4. The van der Waals surface area contributed by atoms with Crippen molar-refractivity contribution >= 4 is 5.71 Å². The second-order valence-corrected chi connectivity index (χ2v) is 6.31. The number of hydrogen-bond acceptors (Lipinski definition) is 2. The molecule has 98 valence electrons. The lowest BCUT2D eigenvalue weighted by molar-refractivity contribution is 0.313. The van der Waals surface area contributed by atoms with Gasteiger partial charge in [-0.05, 0) is 48.1 Å². The average molecular weight is 245 g/mol. The minimum atomic E-state index is 0.224. The Kier molecular flexibility index (Phi) is 3.74. The van der Waals surface area contributed by atoms with Crippen LogP contribution in [-0.4, -0.2) is 10.9 Å². The standard InChI is InChI=1S/C16H23NO/c1-16(2,3)14-8-4-12(5-9-14)13-6-10-15(17-18)11-7-13/h4-5,8-9,13,18H,6-7,10-11H2,1-3H3. The quantitative estimate of drug-likeness (QED) is 0.574. The van der Waals surface area contributed by atoms with E-state index in [0.29, 0.717) is 5.92 Å². The van der Waals surface area contributed by atoms with Crippen LogP contribution < -0.4 is 0 Å². The maximum absolute atomic E-state index is 8.76. The molecular weight excluding hydrogens is 222 g/mol. The summed E-state index contributed by atoms with van der Waals surface area (Å²) in [6.07, 6.45) is 4.08.